The lowest BCUT2D eigenvalue weighted by molar-refractivity contribution is 0.505. The third-order valence-corrected chi connectivity index (χ3v) is 4.29. The van der Waals surface area contributed by atoms with Crippen molar-refractivity contribution in [2.75, 3.05) is 5.32 Å². The number of hydrogen-bond donors (Lipinski definition) is 1. The highest BCUT2D eigenvalue weighted by Gasteiger charge is 2.22. The van der Waals surface area contributed by atoms with Crippen LogP contribution in [0.2, 0.25) is 0 Å². The van der Waals surface area contributed by atoms with Crippen LogP contribution in [0.15, 0.2) is 18.5 Å². The molecular weight excluding hydrogens is 288 g/mol. The Balaban J connectivity index is 2.09. The molecule has 0 aromatic carbocycles. The van der Waals surface area contributed by atoms with Crippen LogP contribution in [0.4, 0.5) is 5.82 Å². The molecule has 0 aliphatic heterocycles. The molecule has 3 rings (SSSR count). The fourth-order valence-electron chi connectivity index (χ4n) is 2.82. The Morgan fingerprint density at radius 3 is 2.52 bits per heavy atom. The van der Waals surface area contributed by atoms with Crippen molar-refractivity contribution in [2.45, 2.75) is 40.7 Å². The maximum Gasteiger partial charge on any atom is 0.160 e. The van der Waals surface area contributed by atoms with Gasteiger partial charge in [-0.25, -0.2) is 9.97 Å². The summed E-state index contributed by atoms with van der Waals surface area (Å²) in [5.41, 5.74) is 4.01. The molecule has 3 aromatic rings. The highest BCUT2D eigenvalue weighted by atomic mass is 15.3. The van der Waals surface area contributed by atoms with E-state index >= 15 is 0 Å². The minimum Gasteiger partial charge on any atom is -0.360 e. The molecule has 0 fully saturated rings. The van der Waals surface area contributed by atoms with E-state index in [0.717, 1.165) is 34.2 Å². The highest BCUT2D eigenvalue weighted by Crippen LogP contribution is 2.26. The average molecular weight is 312 g/mol. The monoisotopic (exact) mass is 312 g/mol. The van der Waals surface area contributed by atoms with E-state index in [2.05, 4.69) is 45.7 Å². The minimum atomic E-state index is 0.102. The van der Waals surface area contributed by atoms with E-state index in [4.69, 9.17) is 0 Å². The molecule has 0 unspecified atom stereocenters. The summed E-state index contributed by atoms with van der Waals surface area (Å²) < 4.78 is 3.96. The van der Waals surface area contributed by atoms with Gasteiger partial charge in [0.1, 0.15) is 11.6 Å². The molecular formula is C17H24N6. The summed E-state index contributed by atoms with van der Waals surface area (Å²) in [6.45, 7) is 10.5. The van der Waals surface area contributed by atoms with Crippen LogP contribution < -0.4 is 5.32 Å². The second-order valence-corrected chi connectivity index (χ2v) is 6.49. The van der Waals surface area contributed by atoms with Crippen LogP contribution in [0.1, 0.15) is 42.7 Å². The van der Waals surface area contributed by atoms with E-state index in [1.807, 2.05) is 43.9 Å². The van der Waals surface area contributed by atoms with Gasteiger partial charge >= 0.3 is 0 Å². The quantitative estimate of drug-likeness (QED) is 0.803. The van der Waals surface area contributed by atoms with Crippen molar-refractivity contribution in [3.8, 4) is 0 Å². The van der Waals surface area contributed by atoms with Gasteiger partial charge in [0, 0.05) is 36.8 Å². The topological polar surface area (TPSA) is 60.0 Å². The predicted molar refractivity (Wildman–Crippen MR) is 91.6 cm³/mol. The summed E-state index contributed by atoms with van der Waals surface area (Å²) in [7, 11) is 2.02. The maximum absolute atomic E-state index is 4.63. The zero-order valence-corrected chi connectivity index (χ0v) is 14.6. The van der Waals surface area contributed by atoms with E-state index < -0.39 is 0 Å². The first kappa shape index (κ1) is 15.5. The van der Waals surface area contributed by atoms with Crippen molar-refractivity contribution in [1.82, 2.24) is 24.1 Å². The first-order chi connectivity index (χ1) is 10.9. The molecule has 23 heavy (non-hydrogen) atoms. The zero-order chi connectivity index (χ0) is 16.7. The van der Waals surface area contributed by atoms with Crippen molar-refractivity contribution in [1.29, 1.82) is 0 Å². The van der Waals surface area contributed by atoms with Gasteiger partial charge in [-0.2, -0.15) is 9.61 Å². The summed E-state index contributed by atoms with van der Waals surface area (Å²) >= 11 is 0. The van der Waals surface area contributed by atoms with Crippen molar-refractivity contribution in [3.63, 3.8) is 0 Å². The Morgan fingerprint density at radius 1 is 1.17 bits per heavy atom. The van der Waals surface area contributed by atoms with E-state index in [9.17, 15) is 0 Å². The molecule has 3 heterocycles. The molecule has 0 amide bonds. The van der Waals surface area contributed by atoms with Gasteiger partial charge in [0.25, 0.3) is 0 Å². The van der Waals surface area contributed by atoms with Gasteiger partial charge in [-0.3, -0.25) is 0 Å². The highest BCUT2D eigenvalue weighted by molar-refractivity contribution is 5.56. The molecule has 0 saturated carbocycles. The molecule has 6 nitrogen and oxygen atoms in total. The van der Waals surface area contributed by atoms with E-state index in [0.29, 0.717) is 5.92 Å². The van der Waals surface area contributed by atoms with Gasteiger partial charge < -0.3 is 9.88 Å². The largest absolute Gasteiger partial charge is 0.360 e. The number of rotatable bonds is 4. The summed E-state index contributed by atoms with van der Waals surface area (Å²) in [4.78, 5) is 9.14. The normalized spacial score (nSPS) is 13.0. The van der Waals surface area contributed by atoms with Crippen LogP contribution in [0.25, 0.3) is 5.65 Å². The Morgan fingerprint density at radius 2 is 1.91 bits per heavy atom. The van der Waals surface area contributed by atoms with Crippen LogP contribution in [-0.4, -0.2) is 24.1 Å². The summed E-state index contributed by atoms with van der Waals surface area (Å²) in [5.74, 6) is 2.35. The second kappa shape index (κ2) is 5.68. The first-order valence-corrected chi connectivity index (χ1v) is 7.95. The summed E-state index contributed by atoms with van der Waals surface area (Å²) in [6, 6.07) is 2.14. The van der Waals surface area contributed by atoms with Crippen LogP contribution in [0.5, 0.6) is 0 Å². The lowest BCUT2D eigenvalue weighted by Gasteiger charge is -2.23. The average Bonchev–Trinajstić information content (AvgIpc) is 3.02. The number of aryl methyl sites for hydroxylation is 4. The van der Waals surface area contributed by atoms with E-state index in [-0.39, 0.29) is 6.04 Å². The second-order valence-electron chi connectivity index (χ2n) is 6.49. The summed E-state index contributed by atoms with van der Waals surface area (Å²) in [6.07, 6.45) is 3.81. The van der Waals surface area contributed by atoms with Crippen LogP contribution in [0.3, 0.4) is 0 Å². The molecule has 0 bridgehead atoms. The minimum absolute atomic E-state index is 0.102. The molecule has 1 atom stereocenters. The summed E-state index contributed by atoms with van der Waals surface area (Å²) in [5, 5.41) is 8.26. The molecule has 0 spiro atoms. The maximum atomic E-state index is 4.63. The number of nitrogens with one attached hydrogen (secondary N) is 1. The fraction of sp³-hybridized carbons (Fsp3) is 0.471. The SMILES string of the molecule is Cc1cc(N[C@@H](c2nccn2C)C(C)C)n2nc(C)c(C)c2n1. The number of fused-ring (bicyclic) bond motifs is 1. The Labute approximate surface area is 136 Å². The van der Waals surface area contributed by atoms with Gasteiger partial charge in [0.2, 0.25) is 0 Å². The number of nitrogens with zero attached hydrogens (tertiary/aromatic N) is 5. The molecule has 6 heteroatoms. The molecule has 0 saturated heterocycles. The number of hydrogen-bond acceptors (Lipinski definition) is 4. The molecule has 0 aliphatic rings. The smallest absolute Gasteiger partial charge is 0.160 e. The van der Waals surface area contributed by atoms with Crippen LogP contribution in [0, 0.1) is 26.7 Å². The lowest BCUT2D eigenvalue weighted by atomic mass is 10.0. The van der Waals surface area contributed by atoms with E-state index in [1.165, 1.54) is 0 Å². The number of anilines is 1. The van der Waals surface area contributed by atoms with Crippen molar-refractivity contribution in [2.24, 2.45) is 13.0 Å². The van der Waals surface area contributed by atoms with Crippen molar-refractivity contribution < 1.29 is 0 Å². The van der Waals surface area contributed by atoms with Gasteiger partial charge in [-0.05, 0) is 26.7 Å². The van der Waals surface area contributed by atoms with E-state index in [1.54, 1.807) is 0 Å². The van der Waals surface area contributed by atoms with Crippen molar-refractivity contribution in [3.05, 3.63) is 41.2 Å². The predicted octanol–water partition coefficient (Wildman–Crippen LogP) is 3.20. The Kier molecular flexibility index (Phi) is 3.83. The molecule has 122 valence electrons. The van der Waals surface area contributed by atoms with Gasteiger partial charge in [0.05, 0.1) is 11.7 Å². The lowest BCUT2D eigenvalue weighted by Crippen LogP contribution is -2.22. The number of imidazole rings is 1. The zero-order valence-electron chi connectivity index (χ0n) is 14.6. The van der Waals surface area contributed by atoms with Gasteiger partial charge in [-0.1, -0.05) is 13.8 Å². The Hall–Kier alpha value is -2.37. The van der Waals surface area contributed by atoms with Crippen LogP contribution in [-0.2, 0) is 7.05 Å². The third-order valence-electron chi connectivity index (χ3n) is 4.29. The number of aromatic nitrogens is 5. The van der Waals surface area contributed by atoms with Crippen molar-refractivity contribution >= 4 is 11.5 Å². The molecule has 1 N–H and O–H groups in total. The first-order valence-electron chi connectivity index (χ1n) is 7.95. The molecule has 0 aliphatic carbocycles. The third kappa shape index (κ3) is 2.69. The standard InChI is InChI=1S/C17H24N6/c1-10(2)15(17-18-7-8-22(17)6)20-14-9-11(3)19-16-12(4)13(5)21-23(14)16/h7-10,15,20H,1-6H3/t15-/m1/s1. The Bertz CT molecular complexity index is 842. The van der Waals surface area contributed by atoms with Crippen LogP contribution >= 0.6 is 0 Å². The van der Waals surface area contributed by atoms with Gasteiger partial charge in [-0.15, -0.1) is 0 Å². The molecule has 3 aromatic heterocycles. The molecule has 0 radical (unpaired) electrons. The fourth-order valence-corrected chi connectivity index (χ4v) is 2.82. The van der Waals surface area contributed by atoms with Gasteiger partial charge in [0.15, 0.2) is 5.65 Å².